The van der Waals surface area contributed by atoms with Crippen molar-refractivity contribution in [3.8, 4) is 0 Å². The summed E-state index contributed by atoms with van der Waals surface area (Å²) in [6.07, 6.45) is 5.41. The summed E-state index contributed by atoms with van der Waals surface area (Å²) < 4.78 is 7.08. The van der Waals surface area contributed by atoms with E-state index in [0.717, 1.165) is 17.3 Å². The van der Waals surface area contributed by atoms with Crippen molar-refractivity contribution in [2.45, 2.75) is 26.5 Å². The molecule has 0 aliphatic rings. The Morgan fingerprint density at radius 3 is 2.81 bits per heavy atom. The summed E-state index contributed by atoms with van der Waals surface area (Å²) in [6, 6.07) is 13.4. The van der Waals surface area contributed by atoms with Crippen LogP contribution in [0.2, 0.25) is 0 Å². The Hall–Kier alpha value is -3.41. The molecule has 0 saturated carbocycles. The fraction of sp³-hybridized carbons (Fsp3) is 0.190. The first-order valence-corrected chi connectivity index (χ1v) is 8.77. The standard InChI is InChI=1S/C21H21N3O3/c1-3-24-14-13-22-19(24)11-12-20(25)27-15(2)21(26)23-18-10-6-8-16-7-4-5-9-17(16)18/h4-15H,3H2,1-2H3,(H,23,26)/b12-11+. The third-order valence-electron chi connectivity index (χ3n) is 4.17. The Morgan fingerprint density at radius 1 is 1.22 bits per heavy atom. The average molecular weight is 363 g/mol. The predicted octanol–water partition coefficient (Wildman–Crippen LogP) is 3.64. The minimum atomic E-state index is -0.924. The summed E-state index contributed by atoms with van der Waals surface area (Å²) >= 11 is 0. The minimum absolute atomic E-state index is 0.386. The molecule has 138 valence electrons. The zero-order valence-corrected chi connectivity index (χ0v) is 15.3. The highest BCUT2D eigenvalue weighted by atomic mass is 16.5. The van der Waals surface area contributed by atoms with Crippen molar-refractivity contribution in [2.24, 2.45) is 0 Å². The van der Waals surface area contributed by atoms with E-state index in [1.54, 1.807) is 19.2 Å². The van der Waals surface area contributed by atoms with Crippen LogP contribution in [-0.4, -0.2) is 27.5 Å². The molecule has 1 aromatic heterocycles. The number of hydrogen-bond donors (Lipinski definition) is 1. The lowest BCUT2D eigenvalue weighted by atomic mass is 10.1. The Kier molecular flexibility index (Phi) is 5.66. The van der Waals surface area contributed by atoms with Gasteiger partial charge < -0.3 is 14.6 Å². The van der Waals surface area contributed by atoms with Crippen molar-refractivity contribution >= 4 is 34.4 Å². The van der Waals surface area contributed by atoms with E-state index in [9.17, 15) is 9.59 Å². The van der Waals surface area contributed by atoms with E-state index in [4.69, 9.17) is 4.74 Å². The number of nitrogens with one attached hydrogen (secondary N) is 1. The Bertz CT molecular complexity index is 986. The second kappa shape index (κ2) is 8.31. The van der Waals surface area contributed by atoms with Crippen molar-refractivity contribution in [1.82, 2.24) is 9.55 Å². The summed E-state index contributed by atoms with van der Waals surface area (Å²) in [4.78, 5) is 28.5. The number of carbonyl (C=O) groups is 2. The molecule has 0 spiro atoms. The number of aryl methyl sites for hydroxylation is 1. The summed E-state index contributed by atoms with van der Waals surface area (Å²) in [5.74, 6) is -0.327. The van der Waals surface area contributed by atoms with Crippen LogP contribution in [-0.2, 0) is 20.9 Å². The van der Waals surface area contributed by atoms with Gasteiger partial charge in [-0.25, -0.2) is 9.78 Å². The first-order chi connectivity index (χ1) is 13.1. The van der Waals surface area contributed by atoms with E-state index in [1.165, 1.54) is 6.08 Å². The van der Waals surface area contributed by atoms with Crippen molar-refractivity contribution in [2.75, 3.05) is 5.32 Å². The highest BCUT2D eigenvalue weighted by Gasteiger charge is 2.17. The third kappa shape index (κ3) is 4.41. The van der Waals surface area contributed by atoms with Gasteiger partial charge in [0, 0.05) is 36.1 Å². The molecule has 1 amide bonds. The van der Waals surface area contributed by atoms with E-state index in [1.807, 2.05) is 60.2 Å². The Labute approximate surface area is 157 Å². The van der Waals surface area contributed by atoms with Gasteiger partial charge in [0.25, 0.3) is 5.91 Å². The third-order valence-corrected chi connectivity index (χ3v) is 4.17. The fourth-order valence-corrected chi connectivity index (χ4v) is 2.73. The maximum atomic E-state index is 12.4. The Balaban J connectivity index is 1.62. The predicted molar refractivity (Wildman–Crippen MR) is 105 cm³/mol. The quantitative estimate of drug-likeness (QED) is 0.536. The lowest BCUT2D eigenvalue weighted by Gasteiger charge is -2.13. The second-order valence-electron chi connectivity index (χ2n) is 6.00. The van der Waals surface area contributed by atoms with Crippen LogP contribution in [0.5, 0.6) is 0 Å². The van der Waals surface area contributed by atoms with Crippen LogP contribution in [0.1, 0.15) is 19.7 Å². The first kappa shape index (κ1) is 18.4. The van der Waals surface area contributed by atoms with Gasteiger partial charge >= 0.3 is 5.97 Å². The van der Waals surface area contributed by atoms with E-state index >= 15 is 0 Å². The number of imidazole rings is 1. The zero-order valence-electron chi connectivity index (χ0n) is 15.3. The molecule has 1 heterocycles. The van der Waals surface area contributed by atoms with Crippen molar-refractivity contribution in [3.05, 3.63) is 66.8 Å². The molecule has 0 bridgehead atoms. The van der Waals surface area contributed by atoms with Crippen molar-refractivity contribution in [1.29, 1.82) is 0 Å². The molecule has 0 fully saturated rings. The van der Waals surface area contributed by atoms with Gasteiger partial charge in [0.05, 0.1) is 0 Å². The lowest BCUT2D eigenvalue weighted by molar-refractivity contribution is -0.148. The molecule has 1 N–H and O–H groups in total. The molecule has 0 aliphatic carbocycles. The van der Waals surface area contributed by atoms with Gasteiger partial charge in [-0.15, -0.1) is 0 Å². The van der Waals surface area contributed by atoms with E-state index in [0.29, 0.717) is 11.5 Å². The molecular weight excluding hydrogens is 342 g/mol. The van der Waals surface area contributed by atoms with Crippen LogP contribution in [0.3, 0.4) is 0 Å². The maximum absolute atomic E-state index is 12.4. The van der Waals surface area contributed by atoms with Gasteiger partial charge in [-0.1, -0.05) is 36.4 Å². The number of hydrogen-bond acceptors (Lipinski definition) is 4. The highest BCUT2D eigenvalue weighted by Crippen LogP contribution is 2.23. The summed E-state index contributed by atoms with van der Waals surface area (Å²) in [5, 5.41) is 4.77. The summed E-state index contributed by atoms with van der Waals surface area (Å²) in [6.45, 7) is 4.27. The van der Waals surface area contributed by atoms with Gasteiger partial charge in [-0.05, 0) is 31.4 Å². The van der Waals surface area contributed by atoms with Crippen LogP contribution in [0.4, 0.5) is 5.69 Å². The van der Waals surface area contributed by atoms with Crippen LogP contribution in [0, 0.1) is 0 Å². The second-order valence-corrected chi connectivity index (χ2v) is 6.00. The van der Waals surface area contributed by atoms with Gasteiger partial charge in [-0.3, -0.25) is 4.79 Å². The summed E-state index contributed by atoms with van der Waals surface area (Å²) in [7, 11) is 0. The first-order valence-electron chi connectivity index (χ1n) is 8.77. The van der Waals surface area contributed by atoms with Crippen LogP contribution in [0.25, 0.3) is 16.8 Å². The van der Waals surface area contributed by atoms with Crippen LogP contribution < -0.4 is 5.32 Å². The van der Waals surface area contributed by atoms with Crippen LogP contribution >= 0.6 is 0 Å². The van der Waals surface area contributed by atoms with Crippen molar-refractivity contribution in [3.63, 3.8) is 0 Å². The van der Waals surface area contributed by atoms with Crippen molar-refractivity contribution < 1.29 is 14.3 Å². The SMILES string of the molecule is CCn1ccnc1/C=C/C(=O)OC(C)C(=O)Nc1cccc2ccccc12. The molecule has 2 aromatic carbocycles. The zero-order chi connectivity index (χ0) is 19.2. The average Bonchev–Trinajstić information content (AvgIpc) is 3.14. The Morgan fingerprint density at radius 2 is 2.00 bits per heavy atom. The minimum Gasteiger partial charge on any atom is -0.449 e. The monoisotopic (exact) mass is 363 g/mol. The number of rotatable bonds is 6. The molecule has 0 saturated heterocycles. The topological polar surface area (TPSA) is 73.2 Å². The number of fused-ring (bicyclic) bond motifs is 1. The number of carbonyl (C=O) groups excluding carboxylic acids is 2. The molecule has 6 nitrogen and oxygen atoms in total. The molecule has 3 aromatic rings. The molecular formula is C21H21N3O3. The highest BCUT2D eigenvalue weighted by molar-refractivity contribution is 6.04. The number of esters is 1. The number of aromatic nitrogens is 2. The number of benzene rings is 2. The van der Waals surface area contributed by atoms with Gasteiger partial charge in [0.15, 0.2) is 6.10 Å². The number of anilines is 1. The largest absolute Gasteiger partial charge is 0.449 e. The molecule has 1 atom stereocenters. The molecule has 0 aliphatic heterocycles. The molecule has 1 unspecified atom stereocenters. The van der Waals surface area contributed by atoms with E-state index in [-0.39, 0.29) is 5.91 Å². The summed E-state index contributed by atoms with van der Waals surface area (Å²) in [5.41, 5.74) is 0.682. The fourth-order valence-electron chi connectivity index (χ4n) is 2.73. The van der Waals surface area contributed by atoms with Crippen LogP contribution in [0.15, 0.2) is 60.9 Å². The number of amides is 1. The molecule has 3 rings (SSSR count). The number of ether oxygens (including phenoxy) is 1. The molecule has 0 radical (unpaired) electrons. The van der Waals surface area contributed by atoms with Gasteiger partial charge in [0.2, 0.25) is 0 Å². The molecule has 6 heteroatoms. The molecule has 27 heavy (non-hydrogen) atoms. The van der Waals surface area contributed by atoms with E-state index in [2.05, 4.69) is 10.3 Å². The van der Waals surface area contributed by atoms with Gasteiger partial charge in [-0.2, -0.15) is 0 Å². The lowest BCUT2D eigenvalue weighted by Crippen LogP contribution is -2.29. The number of nitrogens with zero attached hydrogens (tertiary/aromatic N) is 2. The smallest absolute Gasteiger partial charge is 0.331 e. The van der Waals surface area contributed by atoms with Gasteiger partial charge in [0.1, 0.15) is 5.82 Å². The normalized spacial score (nSPS) is 12.2. The maximum Gasteiger partial charge on any atom is 0.331 e. The van der Waals surface area contributed by atoms with E-state index < -0.39 is 12.1 Å².